The molecule has 12 heteroatoms. The smallest absolute Gasteiger partial charge is 0.376 e. The molecule has 1 aliphatic carbocycles. The molecule has 2 aromatic rings. The molecule has 1 aliphatic heterocycles. The minimum Gasteiger partial charge on any atom is -0.376 e. The van der Waals surface area contributed by atoms with Crippen LogP contribution in [0.3, 0.4) is 0 Å². The molecule has 208 valence electrons. The maximum absolute atomic E-state index is 15.0. The Bertz CT molecular complexity index is 1260. The van der Waals surface area contributed by atoms with Gasteiger partial charge in [0.25, 0.3) is 5.91 Å². The zero-order valence-electron chi connectivity index (χ0n) is 20.8. The molecule has 8 nitrogen and oxygen atoms in total. The molecular formula is C27H28F4N4O4. The largest absolute Gasteiger partial charge is 0.389 e. The normalized spacial score (nSPS) is 19.0. The molecule has 1 saturated carbocycles. The van der Waals surface area contributed by atoms with Crippen molar-refractivity contribution in [2.75, 3.05) is 11.6 Å². The molecule has 39 heavy (non-hydrogen) atoms. The van der Waals surface area contributed by atoms with E-state index in [-0.39, 0.29) is 29.3 Å². The molecule has 1 heterocycles. The third-order valence-corrected chi connectivity index (χ3v) is 6.95. The molecule has 3 amide bonds. The van der Waals surface area contributed by atoms with Crippen molar-refractivity contribution in [3.8, 4) is 0 Å². The van der Waals surface area contributed by atoms with Gasteiger partial charge in [-0.3, -0.25) is 19.3 Å². The standard InChI is InChI=1S/C27H28F4N4O4/c28-20-8-4-7-18-21(16-5-2-1-3-6-16)33-24(26(39)35(14-36)22(18)20)34-25(38)17(11-12-27(29,30)31)19(23(32)37)13-15-9-10-15/h1-8,15,17,19,24,36H,9-14H2,(H2,32,37)(H,34,38)/t17-,19+,24-/m1/s1. The van der Waals surface area contributed by atoms with E-state index < -0.39 is 67.3 Å². The molecule has 2 aliphatic rings. The Kier molecular flexibility index (Phi) is 8.34. The zero-order chi connectivity index (χ0) is 28.3. The lowest BCUT2D eigenvalue weighted by molar-refractivity contribution is -0.146. The summed E-state index contributed by atoms with van der Waals surface area (Å²) in [7, 11) is 0. The van der Waals surface area contributed by atoms with Crippen molar-refractivity contribution in [1.29, 1.82) is 0 Å². The van der Waals surface area contributed by atoms with Crippen LogP contribution < -0.4 is 16.0 Å². The average molecular weight is 549 g/mol. The zero-order valence-corrected chi connectivity index (χ0v) is 20.8. The van der Waals surface area contributed by atoms with E-state index in [0.717, 1.165) is 18.9 Å². The van der Waals surface area contributed by atoms with Gasteiger partial charge in [-0.2, -0.15) is 13.2 Å². The number of aliphatic hydroxyl groups excluding tert-OH is 1. The number of fused-ring (bicyclic) bond motifs is 1. The minimum atomic E-state index is -4.59. The van der Waals surface area contributed by atoms with Crippen LogP contribution in [0.15, 0.2) is 53.5 Å². The lowest BCUT2D eigenvalue weighted by atomic mass is 9.83. The molecule has 0 spiro atoms. The second-order valence-electron chi connectivity index (χ2n) is 9.75. The second kappa shape index (κ2) is 11.5. The molecule has 0 saturated heterocycles. The third kappa shape index (κ3) is 6.62. The summed E-state index contributed by atoms with van der Waals surface area (Å²) in [6.07, 6.45) is -6.67. The van der Waals surface area contributed by atoms with E-state index in [1.165, 1.54) is 12.1 Å². The third-order valence-electron chi connectivity index (χ3n) is 6.95. The highest BCUT2D eigenvalue weighted by atomic mass is 19.4. The first-order valence-corrected chi connectivity index (χ1v) is 12.5. The van der Waals surface area contributed by atoms with Gasteiger partial charge in [0.05, 0.1) is 11.4 Å². The molecule has 1 fully saturated rings. The molecule has 2 aromatic carbocycles. The number of amides is 3. The first kappa shape index (κ1) is 28.2. The molecular weight excluding hydrogens is 520 g/mol. The van der Waals surface area contributed by atoms with Gasteiger partial charge >= 0.3 is 6.18 Å². The molecule has 0 bridgehead atoms. The fourth-order valence-electron chi connectivity index (χ4n) is 4.82. The van der Waals surface area contributed by atoms with E-state index in [9.17, 15) is 37.1 Å². The number of nitrogens with one attached hydrogen (secondary N) is 1. The molecule has 4 rings (SSSR count). The van der Waals surface area contributed by atoms with Crippen molar-refractivity contribution in [2.24, 2.45) is 28.5 Å². The van der Waals surface area contributed by atoms with Crippen molar-refractivity contribution in [1.82, 2.24) is 5.32 Å². The molecule has 0 unspecified atom stereocenters. The number of carbonyl (C=O) groups excluding carboxylic acids is 3. The van der Waals surface area contributed by atoms with Gasteiger partial charge in [-0.15, -0.1) is 0 Å². The summed E-state index contributed by atoms with van der Waals surface area (Å²) in [6.45, 7) is -0.959. The van der Waals surface area contributed by atoms with Crippen molar-refractivity contribution < 1.29 is 37.1 Å². The highest BCUT2D eigenvalue weighted by Gasteiger charge is 2.42. The number of hydrogen-bond donors (Lipinski definition) is 3. The number of para-hydroxylation sites is 1. The number of anilines is 1. The van der Waals surface area contributed by atoms with Gasteiger partial charge in [-0.05, 0) is 24.8 Å². The Balaban J connectivity index is 1.74. The van der Waals surface area contributed by atoms with E-state index in [4.69, 9.17) is 5.73 Å². The van der Waals surface area contributed by atoms with Crippen LogP contribution in [-0.4, -0.2) is 47.6 Å². The Hall–Kier alpha value is -3.80. The van der Waals surface area contributed by atoms with Crippen molar-refractivity contribution in [3.05, 3.63) is 65.5 Å². The summed E-state index contributed by atoms with van der Waals surface area (Å²) >= 11 is 0. The van der Waals surface area contributed by atoms with Gasteiger partial charge in [-0.1, -0.05) is 55.3 Å². The fraction of sp³-hybridized carbons (Fsp3) is 0.407. The topological polar surface area (TPSA) is 125 Å². The summed E-state index contributed by atoms with van der Waals surface area (Å²) < 4.78 is 54.4. The van der Waals surface area contributed by atoms with E-state index >= 15 is 0 Å². The first-order valence-electron chi connectivity index (χ1n) is 12.5. The number of nitrogens with zero attached hydrogens (tertiary/aromatic N) is 2. The van der Waals surface area contributed by atoms with Crippen LogP contribution in [0.1, 0.15) is 43.2 Å². The number of hydrogen-bond acceptors (Lipinski definition) is 5. The lowest BCUT2D eigenvalue weighted by Crippen LogP contribution is -2.51. The van der Waals surface area contributed by atoms with Crippen molar-refractivity contribution in [2.45, 2.75) is 44.4 Å². The Morgan fingerprint density at radius 3 is 2.38 bits per heavy atom. The van der Waals surface area contributed by atoms with Crippen molar-refractivity contribution in [3.63, 3.8) is 0 Å². The van der Waals surface area contributed by atoms with Crippen LogP contribution in [0.4, 0.5) is 23.2 Å². The molecule has 3 atom stereocenters. The van der Waals surface area contributed by atoms with Gasteiger partial charge in [0, 0.05) is 29.4 Å². The van der Waals surface area contributed by atoms with Gasteiger partial charge in [0.1, 0.15) is 12.5 Å². The second-order valence-corrected chi connectivity index (χ2v) is 9.75. The number of primary amides is 1. The van der Waals surface area contributed by atoms with Crippen LogP contribution in [0.25, 0.3) is 0 Å². The maximum Gasteiger partial charge on any atom is 0.389 e. The SMILES string of the molecule is NC(=O)[C@@H](CC1CC1)[C@@H](CCC(F)(F)F)C(=O)N[C@H]1N=C(c2ccccc2)c2cccc(F)c2N(CO)C1=O. The van der Waals surface area contributed by atoms with Gasteiger partial charge in [0.15, 0.2) is 0 Å². The summed E-state index contributed by atoms with van der Waals surface area (Å²) in [5.74, 6) is -6.32. The fourth-order valence-corrected chi connectivity index (χ4v) is 4.82. The summed E-state index contributed by atoms with van der Waals surface area (Å²) in [4.78, 5) is 44.2. The van der Waals surface area contributed by atoms with Gasteiger partial charge < -0.3 is 16.2 Å². The Morgan fingerprint density at radius 2 is 1.79 bits per heavy atom. The van der Waals surface area contributed by atoms with Gasteiger partial charge in [-0.25, -0.2) is 9.38 Å². The van der Waals surface area contributed by atoms with Crippen LogP contribution in [-0.2, 0) is 14.4 Å². The highest BCUT2D eigenvalue weighted by Crippen LogP contribution is 2.39. The van der Waals surface area contributed by atoms with Crippen molar-refractivity contribution >= 4 is 29.1 Å². The summed E-state index contributed by atoms with van der Waals surface area (Å²) in [6, 6.07) is 12.4. The predicted molar refractivity (Wildman–Crippen MR) is 134 cm³/mol. The number of aliphatic imine (C=N–C) groups is 1. The maximum atomic E-state index is 15.0. The van der Waals surface area contributed by atoms with Gasteiger partial charge in [0.2, 0.25) is 18.0 Å². The number of carbonyl (C=O) groups is 3. The average Bonchev–Trinajstić information content (AvgIpc) is 3.72. The summed E-state index contributed by atoms with van der Waals surface area (Å²) in [5, 5.41) is 12.4. The van der Waals surface area contributed by atoms with Crippen LogP contribution in [0, 0.1) is 23.6 Å². The van der Waals surface area contributed by atoms with E-state index in [1.54, 1.807) is 30.3 Å². The number of benzene rings is 2. The quantitative estimate of drug-likeness (QED) is 0.394. The lowest BCUT2D eigenvalue weighted by Gasteiger charge is -2.27. The van der Waals surface area contributed by atoms with E-state index in [0.29, 0.717) is 10.5 Å². The summed E-state index contributed by atoms with van der Waals surface area (Å²) in [5.41, 5.74) is 6.00. The Morgan fingerprint density at radius 1 is 1.10 bits per heavy atom. The van der Waals surface area contributed by atoms with E-state index in [1.807, 2.05) is 0 Å². The molecule has 4 N–H and O–H groups in total. The van der Waals surface area contributed by atoms with Crippen LogP contribution >= 0.6 is 0 Å². The Labute approximate surface area is 221 Å². The number of rotatable bonds is 10. The monoisotopic (exact) mass is 548 g/mol. The first-order chi connectivity index (χ1) is 18.5. The van der Waals surface area contributed by atoms with E-state index in [2.05, 4.69) is 10.3 Å². The number of alkyl halides is 3. The minimum absolute atomic E-state index is 0.0771. The predicted octanol–water partition coefficient (Wildman–Crippen LogP) is 3.26. The molecule has 0 aromatic heterocycles. The number of halogens is 4. The number of nitrogens with two attached hydrogens (primary N) is 1. The van der Waals surface area contributed by atoms with Crippen LogP contribution in [0.2, 0.25) is 0 Å². The molecule has 0 radical (unpaired) electrons. The number of aliphatic hydroxyl groups is 1. The highest BCUT2D eigenvalue weighted by molar-refractivity contribution is 6.20. The van der Waals surface area contributed by atoms with Crippen LogP contribution in [0.5, 0.6) is 0 Å². The number of benzodiazepines with no additional fused rings is 1.